The average Bonchev–Trinajstić information content (AvgIpc) is 2.64. The van der Waals surface area contributed by atoms with Gasteiger partial charge in [-0.05, 0) is 37.0 Å². The van der Waals surface area contributed by atoms with Crippen molar-refractivity contribution in [1.82, 2.24) is 5.32 Å². The van der Waals surface area contributed by atoms with E-state index < -0.39 is 5.82 Å². The molecule has 0 bridgehead atoms. The summed E-state index contributed by atoms with van der Waals surface area (Å²) in [5.41, 5.74) is 0.118. The maximum Gasteiger partial charge on any atom is 0.254 e. The van der Waals surface area contributed by atoms with Crippen molar-refractivity contribution in [3.8, 4) is 0 Å². The molecule has 0 heterocycles. The van der Waals surface area contributed by atoms with Gasteiger partial charge in [-0.1, -0.05) is 29.3 Å². The van der Waals surface area contributed by atoms with Crippen molar-refractivity contribution in [2.75, 3.05) is 0 Å². The molecule has 17 heavy (non-hydrogen) atoms. The van der Waals surface area contributed by atoms with Crippen molar-refractivity contribution in [3.05, 3.63) is 34.1 Å². The fraction of sp³-hybridized carbons (Fsp3) is 0.462. The lowest BCUT2D eigenvalue weighted by Gasteiger charge is -2.17. The zero-order valence-electron chi connectivity index (χ0n) is 9.67. The molecule has 1 N–H and O–H groups in total. The zero-order chi connectivity index (χ0) is 12.4. The van der Waals surface area contributed by atoms with E-state index in [0.29, 0.717) is 10.4 Å². The highest BCUT2D eigenvalue weighted by Crippen LogP contribution is 2.25. The van der Waals surface area contributed by atoms with Crippen LogP contribution in [-0.2, 0) is 0 Å². The first kappa shape index (κ1) is 12.6. The van der Waals surface area contributed by atoms with E-state index in [9.17, 15) is 9.18 Å². The molecule has 1 aromatic carbocycles. The Balaban J connectivity index is 2.09. The normalized spacial score (nSPS) is 23.7. The fourth-order valence-electron chi connectivity index (χ4n) is 2.28. The molecular weight excluding hydrogens is 285 g/mol. The second-order valence-electron chi connectivity index (χ2n) is 4.61. The van der Waals surface area contributed by atoms with E-state index in [2.05, 4.69) is 28.2 Å². The van der Waals surface area contributed by atoms with Gasteiger partial charge in [0.25, 0.3) is 5.91 Å². The summed E-state index contributed by atoms with van der Waals surface area (Å²) in [6.45, 7) is 2.12. The first-order valence-corrected chi connectivity index (χ1v) is 6.63. The van der Waals surface area contributed by atoms with Crippen molar-refractivity contribution in [2.24, 2.45) is 5.92 Å². The van der Waals surface area contributed by atoms with Crippen molar-refractivity contribution in [1.29, 1.82) is 0 Å². The van der Waals surface area contributed by atoms with Crippen LogP contribution in [-0.4, -0.2) is 11.9 Å². The molecule has 1 saturated carbocycles. The third-order valence-electron chi connectivity index (χ3n) is 3.35. The molecule has 1 amide bonds. The summed E-state index contributed by atoms with van der Waals surface area (Å²) in [6.07, 6.45) is 3.26. The number of benzene rings is 1. The second kappa shape index (κ2) is 5.17. The van der Waals surface area contributed by atoms with Gasteiger partial charge in [0.05, 0.1) is 5.56 Å². The molecule has 0 radical (unpaired) electrons. The van der Waals surface area contributed by atoms with E-state index in [1.165, 1.54) is 12.1 Å². The summed E-state index contributed by atoms with van der Waals surface area (Å²) in [4.78, 5) is 11.9. The summed E-state index contributed by atoms with van der Waals surface area (Å²) in [6, 6.07) is 4.68. The number of hydrogen-bond acceptors (Lipinski definition) is 1. The molecule has 4 heteroatoms. The minimum absolute atomic E-state index is 0.118. The first-order valence-electron chi connectivity index (χ1n) is 5.84. The molecule has 92 valence electrons. The van der Waals surface area contributed by atoms with Crippen molar-refractivity contribution in [2.45, 2.75) is 32.2 Å². The minimum atomic E-state index is -0.484. The molecular formula is C13H15BrFNO. The van der Waals surface area contributed by atoms with E-state index in [4.69, 9.17) is 0 Å². The Morgan fingerprint density at radius 3 is 2.82 bits per heavy atom. The van der Waals surface area contributed by atoms with Crippen LogP contribution in [0.25, 0.3) is 0 Å². The molecule has 2 nitrogen and oxygen atoms in total. The monoisotopic (exact) mass is 299 g/mol. The van der Waals surface area contributed by atoms with Gasteiger partial charge in [0, 0.05) is 10.5 Å². The van der Waals surface area contributed by atoms with Gasteiger partial charge in [0.15, 0.2) is 0 Å². The standard InChI is InChI=1S/C13H15BrFNO/c1-8-3-2-4-12(8)16-13(17)10-6-5-9(14)7-11(10)15/h5-8,12H,2-4H2,1H3,(H,16,17). The maximum absolute atomic E-state index is 13.6. The number of carbonyl (C=O) groups excluding carboxylic acids is 1. The van der Waals surface area contributed by atoms with E-state index >= 15 is 0 Å². The second-order valence-corrected chi connectivity index (χ2v) is 5.53. The molecule has 1 aliphatic rings. The number of amides is 1. The van der Waals surface area contributed by atoms with E-state index in [-0.39, 0.29) is 17.5 Å². The van der Waals surface area contributed by atoms with Gasteiger partial charge in [-0.2, -0.15) is 0 Å². The molecule has 0 aromatic heterocycles. The van der Waals surface area contributed by atoms with Gasteiger partial charge in [-0.25, -0.2) is 4.39 Å². The Hall–Kier alpha value is -0.900. The number of hydrogen-bond donors (Lipinski definition) is 1. The number of carbonyl (C=O) groups is 1. The number of halogens is 2. The topological polar surface area (TPSA) is 29.1 Å². The van der Waals surface area contributed by atoms with Crippen LogP contribution in [0.1, 0.15) is 36.5 Å². The first-order chi connectivity index (χ1) is 8.08. The summed E-state index contributed by atoms with van der Waals surface area (Å²) in [7, 11) is 0. The molecule has 0 saturated heterocycles. The largest absolute Gasteiger partial charge is 0.349 e. The number of rotatable bonds is 2. The van der Waals surface area contributed by atoms with E-state index in [1.807, 2.05) is 0 Å². The van der Waals surface area contributed by atoms with E-state index in [0.717, 1.165) is 19.3 Å². The number of nitrogens with one attached hydrogen (secondary N) is 1. The summed E-state index contributed by atoms with van der Waals surface area (Å²) < 4.78 is 14.2. The molecule has 1 aromatic rings. The molecule has 2 atom stereocenters. The van der Waals surface area contributed by atoms with Gasteiger partial charge in [-0.15, -0.1) is 0 Å². The van der Waals surface area contributed by atoms with Crippen LogP contribution >= 0.6 is 15.9 Å². The van der Waals surface area contributed by atoms with Gasteiger partial charge in [0.1, 0.15) is 5.82 Å². The van der Waals surface area contributed by atoms with Gasteiger partial charge < -0.3 is 5.32 Å². The minimum Gasteiger partial charge on any atom is -0.349 e. The Bertz CT molecular complexity index is 435. The third kappa shape index (κ3) is 2.86. The highest BCUT2D eigenvalue weighted by Gasteiger charge is 2.25. The molecule has 2 rings (SSSR count). The van der Waals surface area contributed by atoms with Crippen molar-refractivity contribution >= 4 is 21.8 Å². The van der Waals surface area contributed by atoms with Gasteiger partial charge in [0.2, 0.25) is 0 Å². The summed E-state index contributed by atoms with van der Waals surface area (Å²) in [5.74, 6) is -0.311. The van der Waals surface area contributed by atoms with Gasteiger partial charge in [-0.3, -0.25) is 4.79 Å². The van der Waals surface area contributed by atoms with Crippen LogP contribution in [0.5, 0.6) is 0 Å². The van der Waals surface area contributed by atoms with E-state index in [1.54, 1.807) is 6.07 Å². The summed E-state index contributed by atoms with van der Waals surface area (Å²) >= 11 is 3.17. The predicted molar refractivity (Wildman–Crippen MR) is 68.4 cm³/mol. The SMILES string of the molecule is CC1CCCC1NC(=O)c1ccc(Br)cc1F. The third-order valence-corrected chi connectivity index (χ3v) is 3.85. The summed E-state index contributed by atoms with van der Waals surface area (Å²) in [5, 5.41) is 2.91. The lowest BCUT2D eigenvalue weighted by atomic mass is 10.1. The lowest BCUT2D eigenvalue weighted by molar-refractivity contribution is 0.0925. The molecule has 0 aliphatic heterocycles. The Kier molecular flexibility index (Phi) is 3.82. The molecule has 1 aliphatic carbocycles. The lowest BCUT2D eigenvalue weighted by Crippen LogP contribution is -2.36. The van der Waals surface area contributed by atoms with Crippen LogP contribution in [0.2, 0.25) is 0 Å². The van der Waals surface area contributed by atoms with Crippen molar-refractivity contribution in [3.63, 3.8) is 0 Å². The molecule has 2 unspecified atom stereocenters. The highest BCUT2D eigenvalue weighted by atomic mass is 79.9. The zero-order valence-corrected chi connectivity index (χ0v) is 11.3. The fourth-order valence-corrected chi connectivity index (χ4v) is 2.61. The Labute approximate surface area is 109 Å². The molecule has 0 spiro atoms. The van der Waals surface area contributed by atoms with Gasteiger partial charge >= 0.3 is 0 Å². The highest BCUT2D eigenvalue weighted by molar-refractivity contribution is 9.10. The van der Waals surface area contributed by atoms with Crippen LogP contribution in [0, 0.1) is 11.7 Å². The Morgan fingerprint density at radius 1 is 1.47 bits per heavy atom. The van der Waals surface area contributed by atoms with Crippen LogP contribution in [0.4, 0.5) is 4.39 Å². The quantitative estimate of drug-likeness (QED) is 0.890. The van der Waals surface area contributed by atoms with Crippen LogP contribution in [0.15, 0.2) is 22.7 Å². The van der Waals surface area contributed by atoms with Crippen LogP contribution in [0.3, 0.4) is 0 Å². The predicted octanol–water partition coefficient (Wildman–Crippen LogP) is 3.51. The van der Waals surface area contributed by atoms with Crippen molar-refractivity contribution < 1.29 is 9.18 Å². The van der Waals surface area contributed by atoms with Crippen LogP contribution < -0.4 is 5.32 Å². The Morgan fingerprint density at radius 2 is 2.24 bits per heavy atom. The smallest absolute Gasteiger partial charge is 0.254 e. The molecule has 1 fully saturated rings. The maximum atomic E-state index is 13.6. The average molecular weight is 300 g/mol.